The SMILES string of the molecule is CCCCN(C)CCC(=O)Nc1c(N)cc(Cl)cc1Cl. The number of anilines is 2. The van der Waals surface area contributed by atoms with Gasteiger partial charge in [-0.15, -0.1) is 0 Å². The van der Waals surface area contributed by atoms with Crippen LogP contribution in [0, 0.1) is 0 Å². The summed E-state index contributed by atoms with van der Waals surface area (Å²) in [5.41, 5.74) is 6.60. The Balaban J connectivity index is 2.51. The molecule has 0 fully saturated rings. The second-order valence-electron chi connectivity index (χ2n) is 4.81. The Bertz CT molecular complexity index is 443. The standard InChI is InChI=1S/C14H21Cl2N3O/c1-3-4-6-19(2)7-5-13(20)18-14-11(16)8-10(15)9-12(14)17/h8-9H,3-7,17H2,1-2H3,(H,18,20). The van der Waals surface area contributed by atoms with E-state index in [0.717, 1.165) is 19.4 Å². The van der Waals surface area contributed by atoms with Gasteiger partial charge in [0, 0.05) is 18.0 Å². The number of carbonyl (C=O) groups excluding carboxylic acids is 1. The molecule has 20 heavy (non-hydrogen) atoms. The Labute approximate surface area is 130 Å². The van der Waals surface area contributed by atoms with Crippen molar-refractivity contribution in [3.8, 4) is 0 Å². The fraction of sp³-hybridized carbons (Fsp3) is 0.500. The van der Waals surface area contributed by atoms with Crippen LogP contribution in [0.3, 0.4) is 0 Å². The lowest BCUT2D eigenvalue weighted by molar-refractivity contribution is -0.116. The first kappa shape index (κ1) is 17.1. The van der Waals surface area contributed by atoms with Crippen molar-refractivity contribution in [2.24, 2.45) is 0 Å². The molecule has 0 unspecified atom stereocenters. The monoisotopic (exact) mass is 317 g/mol. The number of hydrogen-bond acceptors (Lipinski definition) is 3. The third-order valence-corrected chi connectivity index (χ3v) is 3.48. The Hall–Kier alpha value is -0.970. The number of nitrogens with two attached hydrogens (primary N) is 1. The van der Waals surface area contributed by atoms with Crippen LogP contribution < -0.4 is 11.1 Å². The molecule has 1 aromatic rings. The van der Waals surface area contributed by atoms with Gasteiger partial charge < -0.3 is 16.0 Å². The molecule has 1 rings (SSSR count). The minimum Gasteiger partial charge on any atom is -0.397 e. The number of rotatable bonds is 7. The van der Waals surface area contributed by atoms with Crippen LogP contribution in [0.4, 0.5) is 11.4 Å². The number of halogens is 2. The van der Waals surface area contributed by atoms with Gasteiger partial charge in [0.1, 0.15) is 0 Å². The van der Waals surface area contributed by atoms with Crippen molar-refractivity contribution < 1.29 is 4.79 Å². The van der Waals surface area contributed by atoms with E-state index in [2.05, 4.69) is 17.1 Å². The van der Waals surface area contributed by atoms with Gasteiger partial charge in [-0.25, -0.2) is 0 Å². The summed E-state index contributed by atoms with van der Waals surface area (Å²) < 4.78 is 0. The summed E-state index contributed by atoms with van der Waals surface area (Å²) >= 11 is 11.8. The van der Waals surface area contributed by atoms with Crippen molar-refractivity contribution >= 4 is 40.5 Å². The molecule has 6 heteroatoms. The third kappa shape index (κ3) is 5.57. The summed E-state index contributed by atoms with van der Waals surface area (Å²) in [6, 6.07) is 3.12. The Morgan fingerprint density at radius 2 is 2.05 bits per heavy atom. The van der Waals surface area contributed by atoms with E-state index in [1.807, 2.05) is 7.05 Å². The quantitative estimate of drug-likeness (QED) is 0.755. The van der Waals surface area contributed by atoms with Gasteiger partial charge in [-0.1, -0.05) is 36.5 Å². The maximum atomic E-state index is 11.9. The molecule has 0 aliphatic heterocycles. The first-order valence-corrected chi connectivity index (χ1v) is 7.42. The Morgan fingerprint density at radius 3 is 2.65 bits per heavy atom. The lowest BCUT2D eigenvalue weighted by atomic mass is 10.2. The van der Waals surface area contributed by atoms with Crippen molar-refractivity contribution in [3.63, 3.8) is 0 Å². The lowest BCUT2D eigenvalue weighted by Gasteiger charge is -2.16. The van der Waals surface area contributed by atoms with Crippen molar-refractivity contribution in [3.05, 3.63) is 22.2 Å². The molecular weight excluding hydrogens is 297 g/mol. The summed E-state index contributed by atoms with van der Waals surface area (Å²) in [4.78, 5) is 14.0. The highest BCUT2D eigenvalue weighted by Crippen LogP contribution is 2.32. The van der Waals surface area contributed by atoms with Gasteiger partial charge in [0.15, 0.2) is 0 Å². The maximum absolute atomic E-state index is 11.9. The molecule has 1 aromatic carbocycles. The molecule has 0 spiro atoms. The number of nitrogens with zero attached hydrogens (tertiary/aromatic N) is 1. The maximum Gasteiger partial charge on any atom is 0.225 e. The highest BCUT2D eigenvalue weighted by Gasteiger charge is 2.11. The van der Waals surface area contributed by atoms with E-state index in [1.165, 1.54) is 0 Å². The van der Waals surface area contributed by atoms with Crippen LogP contribution in [0.15, 0.2) is 12.1 Å². The second-order valence-corrected chi connectivity index (χ2v) is 5.65. The van der Waals surface area contributed by atoms with E-state index in [9.17, 15) is 4.79 Å². The van der Waals surface area contributed by atoms with E-state index < -0.39 is 0 Å². The largest absolute Gasteiger partial charge is 0.397 e. The Kier molecular flexibility index (Phi) is 7.13. The fourth-order valence-corrected chi connectivity index (χ4v) is 2.32. The number of nitrogen functional groups attached to an aromatic ring is 1. The van der Waals surface area contributed by atoms with Gasteiger partial charge in [-0.3, -0.25) is 4.79 Å². The van der Waals surface area contributed by atoms with Crippen LogP contribution >= 0.6 is 23.2 Å². The number of amides is 1. The lowest BCUT2D eigenvalue weighted by Crippen LogP contribution is -2.25. The van der Waals surface area contributed by atoms with E-state index in [4.69, 9.17) is 28.9 Å². The summed E-state index contributed by atoms with van der Waals surface area (Å²) in [5, 5.41) is 3.53. The predicted octanol–water partition coefficient (Wildman–Crippen LogP) is 3.64. The molecule has 4 nitrogen and oxygen atoms in total. The number of nitrogens with one attached hydrogen (secondary N) is 1. The van der Waals surface area contributed by atoms with E-state index >= 15 is 0 Å². The molecule has 0 saturated carbocycles. The topological polar surface area (TPSA) is 58.4 Å². The zero-order valence-corrected chi connectivity index (χ0v) is 13.4. The molecule has 0 radical (unpaired) electrons. The van der Waals surface area contributed by atoms with Crippen LogP contribution in [0.1, 0.15) is 26.2 Å². The zero-order valence-electron chi connectivity index (χ0n) is 11.9. The fourth-order valence-electron chi connectivity index (χ4n) is 1.76. The van der Waals surface area contributed by atoms with Gasteiger partial charge >= 0.3 is 0 Å². The molecule has 0 heterocycles. The number of benzene rings is 1. The minimum absolute atomic E-state index is 0.107. The van der Waals surface area contributed by atoms with Gasteiger partial charge in [-0.2, -0.15) is 0 Å². The molecule has 0 aliphatic rings. The third-order valence-electron chi connectivity index (χ3n) is 2.96. The molecular formula is C14H21Cl2N3O. The first-order chi connectivity index (χ1) is 9.43. The summed E-state index contributed by atoms with van der Waals surface area (Å²) in [6.45, 7) is 3.84. The molecule has 3 N–H and O–H groups in total. The predicted molar refractivity (Wildman–Crippen MR) is 86.5 cm³/mol. The highest BCUT2D eigenvalue weighted by molar-refractivity contribution is 6.37. The van der Waals surface area contributed by atoms with Gasteiger partial charge in [-0.05, 0) is 32.1 Å². The highest BCUT2D eigenvalue weighted by atomic mass is 35.5. The molecule has 0 aromatic heterocycles. The first-order valence-electron chi connectivity index (χ1n) is 6.67. The van der Waals surface area contributed by atoms with Crippen LogP contribution in [-0.4, -0.2) is 30.9 Å². The molecule has 0 aliphatic carbocycles. The number of carbonyl (C=O) groups is 1. The minimum atomic E-state index is -0.107. The Morgan fingerprint density at radius 1 is 1.35 bits per heavy atom. The van der Waals surface area contributed by atoms with Crippen molar-refractivity contribution in [2.45, 2.75) is 26.2 Å². The summed E-state index contributed by atoms with van der Waals surface area (Å²) in [7, 11) is 2.01. The molecule has 0 atom stereocenters. The van der Waals surface area contributed by atoms with Crippen molar-refractivity contribution in [1.82, 2.24) is 4.90 Å². The van der Waals surface area contributed by atoms with Crippen molar-refractivity contribution in [1.29, 1.82) is 0 Å². The van der Waals surface area contributed by atoms with Crippen LogP contribution in [-0.2, 0) is 4.79 Å². The number of unbranched alkanes of at least 4 members (excludes halogenated alkanes) is 1. The average Bonchev–Trinajstić information content (AvgIpc) is 2.38. The molecule has 0 saturated heterocycles. The smallest absolute Gasteiger partial charge is 0.225 e. The van der Waals surface area contributed by atoms with Gasteiger partial charge in [0.25, 0.3) is 0 Å². The molecule has 1 amide bonds. The molecule has 112 valence electrons. The van der Waals surface area contributed by atoms with E-state index in [-0.39, 0.29) is 5.91 Å². The van der Waals surface area contributed by atoms with E-state index in [0.29, 0.717) is 34.4 Å². The number of hydrogen-bond donors (Lipinski definition) is 2. The zero-order chi connectivity index (χ0) is 15.1. The van der Waals surface area contributed by atoms with Crippen LogP contribution in [0.25, 0.3) is 0 Å². The van der Waals surface area contributed by atoms with Crippen LogP contribution in [0.2, 0.25) is 10.0 Å². The van der Waals surface area contributed by atoms with Crippen molar-refractivity contribution in [2.75, 3.05) is 31.2 Å². The van der Waals surface area contributed by atoms with Gasteiger partial charge in [0.05, 0.1) is 16.4 Å². The second kappa shape index (κ2) is 8.35. The molecule has 0 bridgehead atoms. The summed E-state index contributed by atoms with van der Waals surface area (Å²) in [6.07, 6.45) is 2.68. The van der Waals surface area contributed by atoms with E-state index in [1.54, 1.807) is 12.1 Å². The normalized spacial score (nSPS) is 10.8. The average molecular weight is 318 g/mol. The summed E-state index contributed by atoms with van der Waals surface area (Å²) in [5.74, 6) is -0.107. The van der Waals surface area contributed by atoms with Gasteiger partial charge in [0.2, 0.25) is 5.91 Å². The van der Waals surface area contributed by atoms with Crippen LogP contribution in [0.5, 0.6) is 0 Å².